The first-order valence-corrected chi connectivity index (χ1v) is 7.27. The molecule has 0 radical (unpaired) electrons. The van der Waals surface area contributed by atoms with Crippen LogP contribution in [-0.2, 0) is 16.2 Å². The van der Waals surface area contributed by atoms with Crippen LogP contribution in [0, 0.1) is 6.92 Å². The Balaban J connectivity index is 2.28. The maximum Gasteiger partial charge on any atom is 0.273 e. The SMILES string of the molecule is CNC(=O)/C(=N/OC)c1ccccc1COc1ccccc1C. The number of benzene rings is 2. The van der Waals surface area contributed by atoms with Crippen LogP contribution in [0.15, 0.2) is 53.7 Å². The lowest BCUT2D eigenvalue weighted by Crippen LogP contribution is -2.29. The van der Waals surface area contributed by atoms with Crippen LogP contribution in [0.25, 0.3) is 0 Å². The van der Waals surface area contributed by atoms with Crippen LogP contribution >= 0.6 is 0 Å². The third kappa shape index (κ3) is 4.10. The summed E-state index contributed by atoms with van der Waals surface area (Å²) in [6.07, 6.45) is 0. The minimum atomic E-state index is -0.310. The van der Waals surface area contributed by atoms with E-state index in [0.717, 1.165) is 16.9 Å². The predicted octanol–water partition coefficient (Wildman–Crippen LogP) is 2.67. The average Bonchev–Trinajstić information content (AvgIpc) is 2.59. The largest absolute Gasteiger partial charge is 0.489 e. The monoisotopic (exact) mass is 312 g/mol. The van der Waals surface area contributed by atoms with Gasteiger partial charge in [-0.25, -0.2) is 0 Å². The quantitative estimate of drug-likeness (QED) is 0.659. The van der Waals surface area contributed by atoms with Crippen LogP contribution in [0.2, 0.25) is 0 Å². The highest BCUT2D eigenvalue weighted by Gasteiger charge is 2.17. The Kier molecular flexibility index (Phi) is 5.74. The number of para-hydroxylation sites is 1. The van der Waals surface area contributed by atoms with E-state index in [0.29, 0.717) is 12.2 Å². The molecule has 5 heteroatoms. The Bertz CT molecular complexity index is 711. The van der Waals surface area contributed by atoms with Gasteiger partial charge in [-0.05, 0) is 24.1 Å². The molecule has 5 nitrogen and oxygen atoms in total. The van der Waals surface area contributed by atoms with E-state index in [1.807, 2.05) is 55.5 Å². The summed E-state index contributed by atoms with van der Waals surface area (Å²) < 4.78 is 5.88. The number of ether oxygens (including phenoxy) is 1. The summed E-state index contributed by atoms with van der Waals surface area (Å²) in [4.78, 5) is 16.8. The van der Waals surface area contributed by atoms with Crippen molar-refractivity contribution in [2.45, 2.75) is 13.5 Å². The Labute approximate surface area is 135 Å². The first-order valence-electron chi connectivity index (χ1n) is 7.27. The molecule has 0 aromatic heterocycles. The summed E-state index contributed by atoms with van der Waals surface area (Å²) in [7, 11) is 2.97. The van der Waals surface area contributed by atoms with E-state index in [-0.39, 0.29) is 11.6 Å². The fourth-order valence-electron chi connectivity index (χ4n) is 2.17. The molecular weight excluding hydrogens is 292 g/mol. The van der Waals surface area contributed by atoms with Crippen molar-refractivity contribution in [3.8, 4) is 5.75 Å². The topological polar surface area (TPSA) is 59.9 Å². The first-order chi connectivity index (χ1) is 11.2. The maximum atomic E-state index is 12.0. The van der Waals surface area contributed by atoms with Crippen LogP contribution < -0.4 is 10.1 Å². The van der Waals surface area contributed by atoms with E-state index in [1.165, 1.54) is 7.11 Å². The molecule has 0 unspecified atom stereocenters. The predicted molar refractivity (Wildman–Crippen MR) is 89.6 cm³/mol. The molecule has 1 amide bonds. The molecule has 0 saturated carbocycles. The van der Waals surface area contributed by atoms with Gasteiger partial charge in [0, 0.05) is 12.6 Å². The van der Waals surface area contributed by atoms with Gasteiger partial charge in [-0.2, -0.15) is 0 Å². The molecule has 0 atom stereocenters. The van der Waals surface area contributed by atoms with E-state index in [2.05, 4.69) is 10.5 Å². The molecule has 0 aliphatic carbocycles. The molecule has 0 saturated heterocycles. The molecule has 1 N–H and O–H groups in total. The highest BCUT2D eigenvalue weighted by molar-refractivity contribution is 6.45. The molecular formula is C18H20N2O3. The Morgan fingerprint density at radius 3 is 2.52 bits per heavy atom. The maximum absolute atomic E-state index is 12.0. The van der Waals surface area contributed by atoms with E-state index < -0.39 is 0 Å². The van der Waals surface area contributed by atoms with Crippen molar-refractivity contribution >= 4 is 11.6 Å². The van der Waals surface area contributed by atoms with Gasteiger partial charge in [0.2, 0.25) is 0 Å². The summed E-state index contributed by atoms with van der Waals surface area (Å²) >= 11 is 0. The van der Waals surface area contributed by atoms with Gasteiger partial charge in [0.25, 0.3) is 5.91 Å². The molecule has 2 aromatic rings. The summed E-state index contributed by atoms with van der Waals surface area (Å²) in [6.45, 7) is 2.32. The third-order valence-electron chi connectivity index (χ3n) is 3.37. The van der Waals surface area contributed by atoms with Gasteiger partial charge in [-0.1, -0.05) is 47.6 Å². The molecule has 0 heterocycles. The number of hydrogen-bond donors (Lipinski definition) is 1. The molecule has 2 rings (SSSR count). The summed E-state index contributed by atoms with van der Waals surface area (Å²) in [5, 5.41) is 6.42. The van der Waals surface area contributed by atoms with Crippen molar-refractivity contribution in [3.63, 3.8) is 0 Å². The second kappa shape index (κ2) is 7.98. The zero-order valence-corrected chi connectivity index (χ0v) is 13.5. The third-order valence-corrected chi connectivity index (χ3v) is 3.37. The number of nitrogens with one attached hydrogen (secondary N) is 1. The van der Waals surface area contributed by atoms with Crippen LogP contribution in [0.1, 0.15) is 16.7 Å². The second-order valence-electron chi connectivity index (χ2n) is 4.91. The Hall–Kier alpha value is -2.82. The van der Waals surface area contributed by atoms with Crippen LogP contribution in [-0.4, -0.2) is 25.8 Å². The van der Waals surface area contributed by atoms with Crippen molar-refractivity contribution < 1.29 is 14.4 Å². The number of aryl methyl sites for hydroxylation is 1. The molecule has 0 aliphatic heterocycles. The molecule has 120 valence electrons. The molecule has 23 heavy (non-hydrogen) atoms. The number of nitrogens with zero attached hydrogens (tertiary/aromatic N) is 1. The van der Waals surface area contributed by atoms with Crippen molar-refractivity contribution in [3.05, 3.63) is 65.2 Å². The van der Waals surface area contributed by atoms with Crippen molar-refractivity contribution in [1.82, 2.24) is 5.32 Å². The van der Waals surface area contributed by atoms with Gasteiger partial charge >= 0.3 is 0 Å². The van der Waals surface area contributed by atoms with Crippen molar-refractivity contribution in [2.75, 3.05) is 14.2 Å². The van der Waals surface area contributed by atoms with Gasteiger partial charge in [-0.3, -0.25) is 4.79 Å². The number of oxime groups is 1. The Morgan fingerprint density at radius 1 is 1.13 bits per heavy atom. The van der Waals surface area contributed by atoms with Crippen LogP contribution in [0.3, 0.4) is 0 Å². The summed E-state index contributed by atoms with van der Waals surface area (Å²) in [6, 6.07) is 15.3. The normalized spacial score (nSPS) is 11.0. The minimum Gasteiger partial charge on any atom is -0.489 e. The zero-order valence-electron chi connectivity index (χ0n) is 13.5. The zero-order chi connectivity index (χ0) is 16.7. The summed E-state index contributed by atoms with van der Waals surface area (Å²) in [5.74, 6) is 0.502. The van der Waals surface area contributed by atoms with Crippen LogP contribution in [0.4, 0.5) is 0 Å². The van der Waals surface area contributed by atoms with E-state index in [9.17, 15) is 4.79 Å². The first kappa shape index (κ1) is 16.5. The minimum absolute atomic E-state index is 0.221. The smallest absolute Gasteiger partial charge is 0.273 e. The number of likely N-dealkylation sites (N-methyl/N-ethyl adjacent to an activating group) is 1. The fourth-order valence-corrected chi connectivity index (χ4v) is 2.17. The van der Waals surface area contributed by atoms with E-state index >= 15 is 0 Å². The lowest BCUT2D eigenvalue weighted by molar-refractivity contribution is -0.114. The number of hydrogen-bond acceptors (Lipinski definition) is 4. The van der Waals surface area contributed by atoms with E-state index in [1.54, 1.807) is 7.05 Å². The highest BCUT2D eigenvalue weighted by atomic mass is 16.6. The Morgan fingerprint density at radius 2 is 1.83 bits per heavy atom. The average molecular weight is 312 g/mol. The summed E-state index contributed by atoms with van der Waals surface area (Å²) in [5.41, 5.74) is 2.82. The lowest BCUT2D eigenvalue weighted by Gasteiger charge is -2.13. The van der Waals surface area contributed by atoms with Crippen molar-refractivity contribution in [1.29, 1.82) is 0 Å². The fraction of sp³-hybridized carbons (Fsp3) is 0.222. The molecule has 0 bridgehead atoms. The number of carbonyl (C=O) groups is 1. The highest BCUT2D eigenvalue weighted by Crippen LogP contribution is 2.19. The second-order valence-corrected chi connectivity index (χ2v) is 4.91. The van der Waals surface area contributed by atoms with Crippen LogP contribution in [0.5, 0.6) is 5.75 Å². The number of rotatable bonds is 6. The molecule has 0 aliphatic rings. The van der Waals surface area contributed by atoms with Crippen molar-refractivity contribution in [2.24, 2.45) is 5.16 Å². The van der Waals surface area contributed by atoms with Gasteiger partial charge in [0.15, 0.2) is 5.71 Å². The lowest BCUT2D eigenvalue weighted by atomic mass is 10.0. The molecule has 2 aromatic carbocycles. The van der Waals surface area contributed by atoms with Gasteiger partial charge in [-0.15, -0.1) is 0 Å². The van der Waals surface area contributed by atoms with E-state index in [4.69, 9.17) is 9.57 Å². The molecule has 0 spiro atoms. The van der Waals surface area contributed by atoms with Gasteiger partial charge in [0.05, 0.1) is 0 Å². The molecule has 0 fully saturated rings. The van der Waals surface area contributed by atoms with Gasteiger partial charge < -0.3 is 14.9 Å². The van der Waals surface area contributed by atoms with Gasteiger partial charge in [0.1, 0.15) is 19.5 Å². The number of amides is 1. The standard InChI is InChI=1S/C18H20N2O3/c1-13-8-4-7-11-16(13)23-12-14-9-5-6-10-15(14)17(20-22-3)18(21)19-2/h4-11H,12H2,1-3H3,(H,19,21)/b20-17+. The number of carbonyl (C=O) groups excluding carboxylic acids is 1.